The Balaban J connectivity index is 1.25. The van der Waals surface area contributed by atoms with Crippen molar-refractivity contribution in [2.75, 3.05) is 5.32 Å². The molecule has 3 heterocycles. The first kappa shape index (κ1) is 22.4. The van der Waals surface area contributed by atoms with Crippen LogP contribution >= 0.6 is 15.9 Å². The number of halogens is 1. The lowest BCUT2D eigenvalue weighted by Gasteiger charge is -2.27. The molecule has 2 fully saturated rings. The number of rotatable bonds is 5. The van der Waals surface area contributed by atoms with Gasteiger partial charge in [0.2, 0.25) is 11.8 Å². The van der Waals surface area contributed by atoms with Crippen LogP contribution in [-0.4, -0.2) is 49.3 Å². The van der Waals surface area contributed by atoms with E-state index in [1.165, 1.54) is 12.5 Å². The fourth-order valence-corrected chi connectivity index (χ4v) is 6.49. The number of fused-ring (bicyclic) bond motifs is 3. The topological polar surface area (TPSA) is 97.2 Å². The van der Waals surface area contributed by atoms with Crippen LogP contribution in [0.15, 0.2) is 34.8 Å². The number of hydrogen-bond donors (Lipinski definition) is 1. The molecule has 8 nitrogen and oxygen atoms in total. The van der Waals surface area contributed by atoms with Gasteiger partial charge < -0.3 is 10.2 Å². The lowest BCUT2D eigenvalue weighted by atomic mass is 10.0. The Labute approximate surface area is 211 Å². The Morgan fingerprint density at radius 3 is 2.80 bits per heavy atom. The van der Waals surface area contributed by atoms with E-state index in [0.29, 0.717) is 17.9 Å². The van der Waals surface area contributed by atoms with Crippen LogP contribution in [0, 0.1) is 5.41 Å². The van der Waals surface area contributed by atoms with E-state index in [-0.39, 0.29) is 35.6 Å². The number of pyridine rings is 1. The molecule has 9 heteroatoms. The summed E-state index contributed by atoms with van der Waals surface area (Å²) >= 11 is 3.61. The van der Waals surface area contributed by atoms with Crippen LogP contribution in [0.4, 0.5) is 5.82 Å². The molecule has 3 aromatic rings. The summed E-state index contributed by atoms with van der Waals surface area (Å²) in [6.45, 7) is 3.59. The van der Waals surface area contributed by atoms with Crippen molar-refractivity contribution in [3.05, 3.63) is 51.8 Å². The minimum Gasteiger partial charge on any atom is -0.325 e. The van der Waals surface area contributed by atoms with Crippen LogP contribution in [0.1, 0.15) is 54.9 Å². The molecule has 0 bridgehead atoms. The summed E-state index contributed by atoms with van der Waals surface area (Å²) in [6, 6.07) is 8.74. The zero-order chi connectivity index (χ0) is 24.5. The number of amides is 2. The third-order valence-corrected chi connectivity index (χ3v) is 8.46. The van der Waals surface area contributed by atoms with Crippen LogP contribution in [0.3, 0.4) is 0 Å². The number of aryl methyl sites for hydroxylation is 1. The predicted molar refractivity (Wildman–Crippen MR) is 134 cm³/mol. The van der Waals surface area contributed by atoms with E-state index in [0.717, 1.165) is 46.8 Å². The number of hydrogen-bond acceptors (Lipinski definition) is 5. The van der Waals surface area contributed by atoms with Crippen molar-refractivity contribution in [3.63, 3.8) is 0 Å². The van der Waals surface area contributed by atoms with Crippen LogP contribution in [0.2, 0.25) is 0 Å². The second-order valence-electron chi connectivity index (χ2n) is 10.2. The van der Waals surface area contributed by atoms with E-state index < -0.39 is 6.04 Å². The summed E-state index contributed by atoms with van der Waals surface area (Å²) in [7, 11) is 0. The zero-order valence-electron chi connectivity index (χ0n) is 19.7. The number of benzene rings is 1. The number of carbonyl (C=O) groups excluding carboxylic acids is 3. The molecule has 1 saturated heterocycles. The summed E-state index contributed by atoms with van der Waals surface area (Å²) in [5, 5.41) is 8.14. The number of likely N-dealkylation sites (tertiary alicyclic amines) is 1. The van der Waals surface area contributed by atoms with E-state index in [9.17, 15) is 14.4 Å². The minimum atomic E-state index is -0.561. The van der Waals surface area contributed by atoms with Gasteiger partial charge in [0.25, 0.3) is 0 Å². The van der Waals surface area contributed by atoms with Gasteiger partial charge in [-0.2, -0.15) is 5.10 Å². The molecule has 6 rings (SSSR count). The van der Waals surface area contributed by atoms with Gasteiger partial charge in [-0.3, -0.25) is 19.1 Å². The largest absolute Gasteiger partial charge is 0.325 e. The number of nitrogens with one attached hydrogen (secondary N) is 1. The summed E-state index contributed by atoms with van der Waals surface area (Å²) in [5.74, 6) is 0.000107. The highest BCUT2D eigenvalue weighted by atomic mass is 79.9. The maximum atomic E-state index is 13.6. The third-order valence-electron chi connectivity index (χ3n) is 7.75. The molecule has 3 atom stereocenters. The molecule has 0 spiro atoms. The van der Waals surface area contributed by atoms with Gasteiger partial charge in [0.05, 0.1) is 5.52 Å². The molecule has 3 aliphatic rings. The van der Waals surface area contributed by atoms with Crippen LogP contribution < -0.4 is 5.32 Å². The number of para-hydroxylation sites is 1. The Kier molecular flexibility index (Phi) is 5.11. The Morgan fingerprint density at radius 1 is 1.20 bits per heavy atom. The van der Waals surface area contributed by atoms with Gasteiger partial charge in [0.1, 0.15) is 24.1 Å². The molecule has 1 N–H and O–H groups in total. The molecule has 2 aromatic heterocycles. The number of anilines is 1. The fraction of sp³-hybridized carbons (Fsp3) is 0.423. The molecule has 1 saturated carbocycles. The molecule has 1 aliphatic heterocycles. The Morgan fingerprint density at radius 2 is 2.00 bits per heavy atom. The van der Waals surface area contributed by atoms with E-state index in [4.69, 9.17) is 0 Å². The highest BCUT2D eigenvalue weighted by molar-refractivity contribution is 9.10. The van der Waals surface area contributed by atoms with Crippen molar-refractivity contribution in [1.82, 2.24) is 19.7 Å². The van der Waals surface area contributed by atoms with Crippen LogP contribution in [0.5, 0.6) is 0 Å². The normalized spacial score (nSPS) is 24.4. The molecular weight excluding hydrogens is 510 g/mol. The van der Waals surface area contributed by atoms with Crippen molar-refractivity contribution in [1.29, 1.82) is 0 Å². The van der Waals surface area contributed by atoms with Crippen LogP contribution in [0.25, 0.3) is 10.9 Å². The van der Waals surface area contributed by atoms with Crippen molar-refractivity contribution in [3.8, 4) is 0 Å². The van der Waals surface area contributed by atoms with Gasteiger partial charge in [-0.1, -0.05) is 41.1 Å². The first-order chi connectivity index (χ1) is 16.7. The van der Waals surface area contributed by atoms with E-state index in [1.807, 2.05) is 30.3 Å². The molecule has 2 aliphatic carbocycles. The van der Waals surface area contributed by atoms with Crippen LogP contribution in [-0.2, 0) is 29.0 Å². The van der Waals surface area contributed by atoms with Gasteiger partial charge in [0, 0.05) is 28.5 Å². The number of nitrogens with zero attached hydrogens (tertiary/aromatic N) is 4. The molecule has 1 aromatic carbocycles. The average molecular weight is 536 g/mol. The van der Waals surface area contributed by atoms with E-state index in [2.05, 4.69) is 38.3 Å². The first-order valence-electron chi connectivity index (χ1n) is 12.0. The number of Topliss-reactive ketones (excluding diaryl/α,β-unsaturated/α-hetero) is 1. The molecule has 1 unspecified atom stereocenters. The minimum absolute atomic E-state index is 0.0210. The maximum absolute atomic E-state index is 13.6. The molecule has 35 heavy (non-hydrogen) atoms. The average Bonchev–Trinajstić information content (AvgIpc) is 3.18. The summed E-state index contributed by atoms with van der Waals surface area (Å²) in [5.41, 5.74) is 3.28. The number of aromatic nitrogens is 3. The Hall–Kier alpha value is -3.07. The summed E-state index contributed by atoms with van der Waals surface area (Å²) in [4.78, 5) is 45.4. The number of carbonyl (C=O) groups is 3. The van der Waals surface area contributed by atoms with Crippen molar-refractivity contribution in [2.24, 2.45) is 5.41 Å². The second kappa shape index (κ2) is 7.98. The zero-order valence-corrected chi connectivity index (χ0v) is 21.3. The summed E-state index contributed by atoms with van der Waals surface area (Å²) in [6.07, 6.45) is 4.49. The maximum Gasteiger partial charge on any atom is 0.248 e. The smallest absolute Gasteiger partial charge is 0.248 e. The van der Waals surface area contributed by atoms with E-state index in [1.54, 1.807) is 9.58 Å². The van der Waals surface area contributed by atoms with Crippen molar-refractivity contribution in [2.45, 2.75) is 64.6 Å². The SMILES string of the molecule is CC(=O)c1nn(CC(=O)N2C3C[C@]3(C)C[C@H]2C(=O)Nc2cc(Br)c3c(n2)CCC3)c2ccccc12. The van der Waals surface area contributed by atoms with Crippen molar-refractivity contribution < 1.29 is 14.4 Å². The molecule has 2 amide bonds. The number of ketones is 1. The molecular formula is C26H26BrN5O3. The van der Waals surface area contributed by atoms with Gasteiger partial charge in [-0.15, -0.1) is 0 Å². The van der Waals surface area contributed by atoms with Gasteiger partial charge in [0.15, 0.2) is 5.78 Å². The van der Waals surface area contributed by atoms with Gasteiger partial charge >= 0.3 is 0 Å². The second-order valence-corrected chi connectivity index (χ2v) is 11.1. The lowest BCUT2D eigenvalue weighted by Crippen LogP contribution is -2.46. The van der Waals surface area contributed by atoms with Gasteiger partial charge in [-0.25, -0.2) is 4.98 Å². The third kappa shape index (κ3) is 3.67. The van der Waals surface area contributed by atoms with Gasteiger partial charge in [-0.05, 0) is 55.2 Å². The summed E-state index contributed by atoms with van der Waals surface area (Å²) < 4.78 is 2.55. The standard InChI is InChI=1S/C26H26BrN5O3/c1-14(33)24-16-6-3-4-9-19(16)31(30-24)13-23(34)32-20(11-26(2)12-21(26)32)25(35)29-22-10-17(27)15-7-5-8-18(15)28-22/h3-4,6,9-10,20-21H,5,7-8,11-13H2,1-2H3,(H,28,29,35)/t20-,21?,26-/m0/s1. The quantitative estimate of drug-likeness (QED) is 0.499. The monoisotopic (exact) mass is 535 g/mol. The Bertz CT molecular complexity index is 1420. The predicted octanol–water partition coefficient (Wildman–Crippen LogP) is 3.90. The highest BCUT2D eigenvalue weighted by Gasteiger charge is 2.64. The lowest BCUT2D eigenvalue weighted by molar-refractivity contribution is -0.138. The number of piperidine rings is 1. The highest BCUT2D eigenvalue weighted by Crippen LogP contribution is 2.59. The van der Waals surface area contributed by atoms with E-state index >= 15 is 0 Å². The molecule has 0 radical (unpaired) electrons. The first-order valence-corrected chi connectivity index (χ1v) is 12.8. The fourth-order valence-electron chi connectivity index (χ4n) is 5.84. The molecule has 180 valence electrons. The van der Waals surface area contributed by atoms with Crippen molar-refractivity contribution >= 4 is 50.2 Å².